The fourth-order valence-corrected chi connectivity index (χ4v) is 1.89. The number of benzene rings is 1. The molecule has 4 heteroatoms. The van der Waals surface area contributed by atoms with Crippen molar-refractivity contribution >= 4 is 33.4 Å². The minimum absolute atomic E-state index is 0.0210. The van der Waals surface area contributed by atoms with Crippen molar-refractivity contribution in [3.8, 4) is 0 Å². The van der Waals surface area contributed by atoms with Gasteiger partial charge in [-0.25, -0.2) is 0 Å². The molecular formula is C11H13BrClNO. The third-order valence-electron chi connectivity index (χ3n) is 1.98. The standard InChI is InChI=1S/C11H13BrClNO/c1-7-3-4-9(10(12)5-7)11(15)14-8(2)6-13/h3-5,8H,6H2,1-2H3,(H,14,15). The molecule has 15 heavy (non-hydrogen) atoms. The van der Waals surface area contributed by atoms with E-state index in [0.717, 1.165) is 10.0 Å². The Morgan fingerprint density at radius 3 is 2.80 bits per heavy atom. The number of carbonyl (C=O) groups excluding carboxylic acids is 1. The first-order chi connectivity index (χ1) is 7.04. The minimum atomic E-state index is -0.102. The van der Waals surface area contributed by atoms with Crippen LogP contribution in [0, 0.1) is 6.92 Å². The van der Waals surface area contributed by atoms with Crippen molar-refractivity contribution in [2.45, 2.75) is 19.9 Å². The summed E-state index contributed by atoms with van der Waals surface area (Å²) < 4.78 is 0.807. The van der Waals surface area contributed by atoms with Crippen molar-refractivity contribution in [1.29, 1.82) is 0 Å². The van der Waals surface area contributed by atoms with Crippen LogP contribution < -0.4 is 5.32 Å². The largest absolute Gasteiger partial charge is 0.348 e. The van der Waals surface area contributed by atoms with Crippen molar-refractivity contribution in [3.05, 3.63) is 33.8 Å². The van der Waals surface area contributed by atoms with E-state index < -0.39 is 0 Å². The highest BCUT2D eigenvalue weighted by Crippen LogP contribution is 2.18. The maximum Gasteiger partial charge on any atom is 0.252 e. The summed E-state index contributed by atoms with van der Waals surface area (Å²) in [6, 6.07) is 5.61. The predicted octanol–water partition coefficient (Wildman–Crippen LogP) is 3.11. The number of amides is 1. The van der Waals surface area contributed by atoms with Crippen molar-refractivity contribution in [3.63, 3.8) is 0 Å². The molecule has 0 heterocycles. The first-order valence-corrected chi connectivity index (χ1v) is 6.00. The molecule has 1 amide bonds. The Hall–Kier alpha value is -0.540. The summed E-state index contributed by atoms with van der Waals surface area (Å²) in [4.78, 5) is 11.7. The van der Waals surface area contributed by atoms with Crippen LogP contribution in [-0.2, 0) is 0 Å². The quantitative estimate of drug-likeness (QED) is 0.852. The van der Waals surface area contributed by atoms with Gasteiger partial charge < -0.3 is 5.32 Å². The van der Waals surface area contributed by atoms with E-state index in [1.165, 1.54) is 0 Å². The lowest BCUT2D eigenvalue weighted by molar-refractivity contribution is 0.0943. The van der Waals surface area contributed by atoms with Gasteiger partial charge in [-0.05, 0) is 47.5 Å². The minimum Gasteiger partial charge on any atom is -0.348 e. The summed E-state index contributed by atoms with van der Waals surface area (Å²) in [7, 11) is 0. The van der Waals surface area contributed by atoms with Crippen molar-refractivity contribution in [1.82, 2.24) is 5.32 Å². The third kappa shape index (κ3) is 3.50. The Bertz CT molecular complexity index is 368. The zero-order valence-corrected chi connectivity index (χ0v) is 11.0. The molecule has 0 aromatic heterocycles. The molecule has 1 N–H and O–H groups in total. The second kappa shape index (κ2) is 5.52. The fourth-order valence-electron chi connectivity index (χ4n) is 1.14. The molecule has 0 bridgehead atoms. The highest BCUT2D eigenvalue weighted by Gasteiger charge is 2.11. The van der Waals surface area contributed by atoms with Crippen LogP contribution in [0.4, 0.5) is 0 Å². The van der Waals surface area contributed by atoms with E-state index in [9.17, 15) is 4.79 Å². The van der Waals surface area contributed by atoms with Gasteiger partial charge in [0, 0.05) is 16.4 Å². The molecule has 0 radical (unpaired) electrons. The summed E-state index contributed by atoms with van der Waals surface area (Å²) in [5.74, 6) is 0.310. The van der Waals surface area contributed by atoms with Gasteiger partial charge >= 0.3 is 0 Å². The topological polar surface area (TPSA) is 29.1 Å². The highest BCUT2D eigenvalue weighted by molar-refractivity contribution is 9.10. The summed E-state index contributed by atoms with van der Waals surface area (Å²) in [6.07, 6.45) is 0. The summed E-state index contributed by atoms with van der Waals surface area (Å²) in [5, 5.41) is 2.81. The number of nitrogens with one attached hydrogen (secondary N) is 1. The van der Waals surface area contributed by atoms with Gasteiger partial charge in [-0.1, -0.05) is 6.07 Å². The van der Waals surface area contributed by atoms with E-state index in [-0.39, 0.29) is 11.9 Å². The van der Waals surface area contributed by atoms with Gasteiger partial charge in [-0.3, -0.25) is 4.79 Å². The average molecular weight is 291 g/mol. The molecule has 2 nitrogen and oxygen atoms in total. The van der Waals surface area contributed by atoms with Crippen LogP contribution in [0.5, 0.6) is 0 Å². The van der Waals surface area contributed by atoms with Gasteiger partial charge in [-0.2, -0.15) is 0 Å². The molecule has 82 valence electrons. The number of carbonyl (C=O) groups is 1. The fraction of sp³-hybridized carbons (Fsp3) is 0.364. The Morgan fingerprint density at radius 1 is 1.60 bits per heavy atom. The van der Waals surface area contributed by atoms with Crippen molar-refractivity contribution in [2.24, 2.45) is 0 Å². The zero-order chi connectivity index (χ0) is 11.4. The molecule has 0 saturated heterocycles. The maximum atomic E-state index is 11.7. The smallest absolute Gasteiger partial charge is 0.252 e. The molecule has 0 aliphatic carbocycles. The molecule has 0 fully saturated rings. The normalized spacial score (nSPS) is 12.3. The molecule has 1 aromatic rings. The monoisotopic (exact) mass is 289 g/mol. The number of aryl methyl sites for hydroxylation is 1. The first kappa shape index (κ1) is 12.5. The van der Waals surface area contributed by atoms with Crippen LogP contribution in [-0.4, -0.2) is 17.8 Å². The second-order valence-electron chi connectivity index (χ2n) is 3.51. The molecular weight excluding hydrogens is 277 g/mol. The zero-order valence-electron chi connectivity index (χ0n) is 8.68. The van der Waals surface area contributed by atoms with Crippen LogP contribution >= 0.6 is 27.5 Å². The number of hydrogen-bond donors (Lipinski definition) is 1. The number of rotatable bonds is 3. The van der Waals surface area contributed by atoms with E-state index in [2.05, 4.69) is 21.2 Å². The lowest BCUT2D eigenvalue weighted by atomic mass is 10.1. The first-order valence-electron chi connectivity index (χ1n) is 4.67. The number of hydrogen-bond acceptors (Lipinski definition) is 1. The summed E-state index contributed by atoms with van der Waals surface area (Å²) >= 11 is 8.99. The Labute approximate surface area is 103 Å². The molecule has 0 saturated carbocycles. The lowest BCUT2D eigenvalue weighted by Gasteiger charge is -2.11. The van der Waals surface area contributed by atoms with Gasteiger partial charge in [0.25, 0.3) is 5.91 Å². The van der Waals surface area contributed by atoms with Crippen LogP contribution in [0.2, 0.25) is 0 Å². The van der Waals surface area contributed by atoms with E-state index >= 15 is 0 Å². The average Bonchev–Trinajstić information content (AvgIpc) is 2.17. The van der Waals surface area contributed by atoms with Crippen LogP contribution in [0.1, 0.15) is 22.8 Å². The SMILES string of the molecule is Cc1ccc(C(=O)NC(C)CCl)c(Br)c1. The Kier molecular flexibility index (Phi) is 4.61. The van der Waals surface area contributed by atoms with Crippen molar-refractivity contribution < 1.29 is 4.79 Å². The third-order valence-corrected chi connectivity index (χ3v) is 3.10. The number of alkyl halides is 1. The Balaban J connectivity index is 2.82. The van der Waals surface area contributed by atoms with E-state index in [1.54, 1.807) is 6.07 Å². The Morgan fingerprint density at radius 2 is 2.27 bits per heavy atom. The van der Waals surface area contributed by atoms with Gasteiger partial charge in [0.2, 0.25) is 0 Å². The van der Waals surface area contributed by atoms with E-state index in [0.29, 0.717) is 11.4 Å². The summed E-state index contributed by atoms with van der Waals surface area (Å²) in [5.41, 5.74) is 1.75. The maximum absolute atomic E-state index is 11.7. The molecule has 1 rings (SSSR count). The van der Waals surface area contributed by atoms with Gasteiger partial charge in [0.1, 0.15) is 0 Å². The van der Waals surface area contributed by atoms with E-state index in [4.69, 9.17) is 11.6 Å². The van der Waals surface area contributed by atoms with Crippen LogP contribution in [0.25, 0.3) is 0 Å². The van der Waals surface area contributed by atoms with Gasteiger partial charge in [-0.15, -0.1) is 11.6 Å². The van der Waals surface area contributed by atoms with Gasteiger partial charge in [0.15, 0.2) is 0 Å². The van der Waals surface area contributed by atoms with Crippen molar-refractivity contribution in [2.75, 3.05) is 5.88 Å². The summed E-state index contributed by atoms with van der Waals surface area (Å²) in [6.45, 7) is 3.85. The second-order valence-corrected chi connectivity index (χ2v) is 4.68. The molecule has 0 aliphatic heterocycles. The predicted molar refractivity (Wildman–Crippen MR) is 66.5 cm³/mol. The molecule has 1 atom stereocenters. The lowest BCUT2D eigenvalue weighted by Crippen LogP contribution is -2.33. The molecule has 1 aromatic carbocycles. The number of halogens is 2. The van der Waals surface area contributed by atoms with Gasteiger partial charge in [0.05, 0.1) is 5.56 Å². The molecule has 0 spiro atoms. The van der Waals surface area contributed by atoms with E-state index in [1.807, 2.05) is 26.0 Å². The molecule has 0 aliphatic rings. The van der Waals surface area contributed by atoms with Crippen LogP contribution in [0.3, 0.4) is 0 Å². The molecule has 1 unspecified atom stereocenters. The highest BCUT2D eigenvalue weighted by atomic mass is 79.9. The van der Waals surface area contributed by atoms with Crippen LogP contribution in [0.15, 0.2) is 22.7 Å².